The van der Waals surface area contributed by atoms with Crippen molar-refractivity contribution in [3.8, 4) is 5.75 Å². The van der Waals surface area contributed by atoms with Crippen LogP contribution in [0.3, 0.4) is 0 Å². The number of halogens is 1. The van der Waals surface area contributed by atoms with Crippen molar-refractivity contribution in [3.05, 3.63) is 59.9 Å². The smallest absolute Gasteiger partial charge is 0.280 e. The van der Waals surface area contributed by atoms with E-state index in [1.807, 2.05) is 24.3 Å². The van der Waals surface area contributed by atoms with E-state index >= 15 is 0 Å². The Kier molecular flexibility index (Phi) is 6.03. The molecule has 1 N–H and O–H groups in total. The Labute approximate surface area is 163 Å². The third kappa shape index (κ3) is 4.73. The fourth-order valence-electron chi connectivity index (χ4n) is 2.87. The molecule has 0 unspecified atom stereocenters. The number of benzene rings is 2. The second-order valence-electron chi connectivity index (χ2n) is 6.58. The van der Waals surface area contributed by atoms with Gasteiger partial charge < -0.3 is 9.64 Å². The standard InChI is InChI=1S/C21H22FN3O3/c1-14(16-5-9-18(10-6-16)25-13-3-4-20(25)26)23-24-21(27)15(2)28-19-11-7-17(22)8-12-19/h5-12,15H,3-4,13H2,1-2H3,(H,24,27)/b23-14-/t15-/m1/s1. The highest BCUT2D eigenvalue weighted by Gasteiger charge is 2.21. The number of nitrogens with zero attached hydrogens (tertiary/aromatic N) is 2. The van der Waals surface area contributed by atoms with Gasteiger partial charge in [-0.25, -0.2) is 9.82 Å². The molecule has 0 aromatic heterocycles. The fraction of sp³-hybridized carbons (Fsp3) is 0.286. The lowest BCUT2D eigenvalue weighted by atomic mass is 10.1. The van der Waals surface area contributed by atoms with Crippen LogP contribution in [0.1, 0.15) is 32.3 Å². The Bertz CT molecular complexity index is 879. The van der Waals surface area contributed by atoms with Gasteiger partial charge in [0.05, 0.1) is 5.71 Å². The highest BCUT2D eigenvalue weighted by atomic mass is 19.1. The first-order valence-corrected chi connectivity index (χ1v) is 9.11. The lowest BCUT2D eigenvalue weighted by Crippen LogP contribution is -2.33. The van der Waals surface area contributed by atoms with Crippen LogP contribution in [0, 0.1) is 5.82 Å². The lowest BCUT2D eigenvalue weighted by Gasteiger charge is -2.16. The predicted molar refractivity (Wildman–Crippen MR) is 105 cm³/mol. The van der Waals surface area contributed by atoms with Gasteiger partial charge >= 0.3 is 0 Å². The molecule has 2 aromatic carbocycles. The molecule has 0 spiro atoms. The van der Waals surface area contributed by atoms with Gasteiger partial charge in [0.25, 0.3) is 5.91 Å². The van der Waals surface area contributed by atoms with E-state index in [9.17, 15) is 14.0 Å². The minimum absolute atomic E-state index is 0.139. The van der Waals surface area contributed by atoms with Crippen molar-refractivity contribution in [2.24, 2.45) is 5.10 Å². The van der Waals surface area contributed by atoms with Gasteiger partial charge in [-0.05, 0) is 62.2 Å². The highest BCUT2D eigenvalue weighted by molar-refractivity contribution is 6.00. The van der Waals surface area contributed by atoms with Crippen molar-refractivity contribution >= 4 is 23.2 Å². The van der Waals surface area contributed by atoms with Crippen LogP contribution in [0.2, 0.25) is 0 Å². The molecule has 2 aromatic rings. The largest absolute Gasteiger partial charge is 0.481 e. The first-order chi connectivity index (χ1) is 13.4. The quantitative estimate of drug-likeness (QED) is 0.615. The second kappa shape index (κ2) is 8.65. The summed E-state index contributed by atoms with van der Waals surface area (Å²) in [6, 6.07) is 12.9. The number of nitrogens with one attached hydrogen (secondary N) is 1. The van der Waals surface area contributed by atoms with Crippen molar-refractivity contribution in [2.75, 3.05) is 11.4 Å². The van der Waals surface area contributed by atoms with Gasteiger partial charge in [0.15, 0.2) is 6.10 Å². The van der Waals surface area contributed by atoms with Crippen LogP contribution in [-0.4, -0.2) is 30.2 Å². The van der Waals surface area contributed by atoms with Crippen LogP contribution in [0.4, 0.5) is 10.1 Å². The van der Waals surface area contributed by atoms with Crippen molar-refractivity contribution in [1.29, 1.82) is 0 Å². The molecule has 1 aliphatic rings. The molecular weight excluding hydrogens is 361 g/mol. The summed E-state index contributed by atoms with van der Waals surface area (Å²) in [7, 11) is 0. The fourth-order valence-corrected chi connectivity index (χ4v) is 2.87. The molecule has 1 saturated heterocycles. The van der Waals surface area contributed by atoms with Crippen molar-refractivity contribution in [3.63, 3.8) is 0 Å². The SMILES string of the molecule is C/C(=N/NC(=O)[C@@H](C)Oc1ccc(F)cc1)c1ccc(N2CCCC2=O)cc1. The number of anilines is 1. The van der Waals surface area contributed by atoms with E-state index in [1.54, 1.807) is 18.7 Å². The average Bonchev–Trinajstić information content (AvgIpc) is 3.13. The van der Waals surface area contributed by atoms with Crippen molar-refractivity contribution in [2.45, 2.75) is 32.8 Å². The summed E-state index contributed by atoms with van der Waals surface area (Å²) in [6.07, 6.45) is 0.683. The molecule has 1 aliphatic heterocycles. The van der Waals surface area contributed by atoms with E-state index in [0.717, 1.165) is 24.2 Å². The van der Waals surface area contributed by atoms with Gasteiger partial charge in [-0.1, -0.05) is 12.1 Å². The second-order valence-corrected chi connectivity index (χ2v) is 6.58. The molecule has 3 rings (SSSR count). The summed E-state index contributed by atoms with van der Waals surface area (Å²) in [5, 5.41) is 4.11. The van der Waals surface area contributed by atoms with Crippen molar-refractivity contribution < 1.29 is 18.7 Å². The van der Waals surface area contributed by atoms with Gasteiger partial charge in [-0.15, -0.1) is 0 Å². The Balaban J connectivity index is 1.57. The Hall–Kier alpha value is -3.22. The number of rotatable bonds is 6. The first-order valence-electron chi connectivity index (χ1n) is 9.11. The van der Waals surface area contributed by atoms with E-state index < -0.39 is 12.0 Å². The maximum Gasteiger partial charge on any atom is 0.280 e. The van der Waals surface area contributed by atoms with Gasteiger partial charge in [0.1, 0.15) is 11.6 Å². The minimum Gasteiger partial charge on any atom is -0.481 e. The Morgan fingerprint density at radius 2 is 1.86 bits per heavy atom. The Morgan fingerprint density at radius 1 is 1.18 bits per heavy atom. The van der Waals surface area contributed by atoms with Crippen LogP contribution >= 0.6 is 0 Å². The highest BCUT2D eigenvalue weighted by Crippen LogP contribution is 2.21. The number of carbonyl (C=O) groups excluding carboxylic acids is 2. The average molecular weight is 383 g/mol. The Morgan fingerprint density at radius 3 is 2.46 bits per heavy atom. The molecule has 1 atom stereocenters. The van der Waals surface area contributed by atoms with Gasteiger partial charge in [-0.2, -0.15) is 5.10 Å². The van der Waals surface area contributed by atoms with Crippen molar-refractivity contribution in [1.82, 2.24) is 5.43 Å². The number of carbonyl (C=O) groups is 2. The summed E-state index contributed by atoms with van der Waals surface area (Å²) < 4.78 is 18.4. The number of hydrogen-bond donors (Lipinski definition) is 1. The summed E-state index contributed by atoms with van der Waals surface area (Å²) in [5.41, 5.74) is 4.80. The molecule has 6 nitrogen and oxygen atoms in total. The van der Waals surface area contributed by atoms with Crippen LogP contribution < -0.4 is 15.1 Å². The van der Waals surface area contributed by atoms with E-state index in [4.69, 9.17) is 4.74 Å². The van der Waals surface area contributed by atoms with Crippen LogP contribution in [-0.2, 0) is 9.59 Å². The molecule has 28 heavy (non-hydrogen) atoms. The summed E-state index contributed by atoms with van der Waals surface area (Å²) in [6.45, 7) is 4.11. The van der Waals surface area contributed by atoms with Gasteiger partial charge in [0, 0.05) is 18.7 Å². The van der Waals surface area contributed by atoms with Gasteiger partial charge in [-0.3, -0.25) is 9.59 Å². The monoisotopic (exact) mass is 383 g/mol. The zero-order valence-corrected chi connectivity index (χ0v) is 15.8. The van der Waals surface area contributed by atoms with E-state index in [2.05, 4.69) is 10.5 Å². The molecule has 0 bridgehead atoms. The number of hydrazone groups is 1. The lowest BCUT2D eigenvalue weighted by molar-refractivity contribution is -0.127. The minimum atomic E-state index is -0.787. The normalized spacial score (nSPS) is 15.5. The maximum absolute atomic E-state index is 12.9. The molecule has 1 heterocycles. The van der Waals surface area contributed by atoms with Crippen LogP contribution in [0.5, 0.6) is 5.75 Å². The molecule has 146 valence electrons. The van der Waals surface area contributed by atoms with Gasteiger partial charge in [0.2, 0.25) is 5.91 Å². The predicted octanol–water partition coefficient (Wildman–Crippen LogP) is 3.26. The molecular formula is C21H22FN3O3. The van der Waals surface area contributed by atoms with E-state index in [1.165, 1.54) is 24.3 Å². The summed E-state index contributed by atoms with van der Waals surface area (Å²) in [5.74, 6) is -0.245. The zero-order valence-electron chi connectivity index (χ0n) is 15.8. The molecule has 0 radical (unpaired) electrons. The third-order valence-electron chi connectivity index (χ3n) is 4.50. The number of ether oxygens (including phenoxy) is 1. The number of hydrogen-bond acceptors (Lipinski definition) is 4. The third-order valence-corrected chi connectivity index (χ3v) is 4.50. The molecule has 0 saturated carbocycles. The van der Waals surface area contributed by atoms with E-state index in [0.29, 0.717) is 17.9 Å². The maximum atomic E-state index is 12.9. The topological polar surface area (TPSA) is 71.0 Å². The summed E-state index contributed by atoms with van der Waals surface area (Å²) in [4.78, 5) is 25.7. The zero-order chi connectivity index (χ0) is 20.1. The summed E-state index contributed by atoms with van der Waals surface area (Å²) >= 11 is 0. The first kappa shape index (κ1) is 19.5. The number of amides is 2. The van der Waals surface area contributed by atoms with E-state index in [-0.39, 0.29) is 11.7 Å². The molecule has 0 aliphatic carbocycles. The van der Waals surface area contributed by atoms with Crippen LogP contribution in [0.25, 0.3) is 0 Å². The van der Waals surface area contributed by atoms with Crippen LogP contribution in [0.15, 0.2) is 53.6 Å². The molecule has 2 amide bonds. The molecule has 7 heteroatoms. The molecule has 1 fully saturated rings.